The lowest BCUT2D eigenvalue weighted by atomic mass is 10.2. The largest absolute Gasteiger partial charge is 0.468 e. The predicted molar refractivity (Wildman–Crippen MR) is 62.7 cm³/mol. The zero-order chi connectivity index (χ0) is 10.4. The van der Waals surface area contributed by atoms with Crippen molar-refractivity contribution in [3.05, 3.63) is 23.7 Å². The van der Waals surface area contributed by atoms with Gasteiger partial charge in [0.25, 0.3) is 0 Å². The first kappa shape index (κ1) is 11.7. The van der Waals surface area contributed by atoms with Gasteiger partial charge in [-0.1, -0.05) is 0 Å². The van der Waals surface area contributed by atoms with Gasteiger partial charge in [-0.3, -0.25) is 0 Å². The smallest absolute Gasteiger partial charge is 0.120 e. The fourth-order valence-electron chi connectivity index (χ4n) is 1.25. The molecule has 2 nitrogen and oxygen atoms in total. The molecular formula is C11H19NOS. The monoisotopic (exact) mass is 213 g/mol. The highest BCUT2D eigenvalue weighted by atomic mass is 32.2. The first-order valence-corrected chi connectivity index (χ1v) is 6.38. The zero-order valence-corrected chi connectivity index (χ0v) is 9.99. The van der Waals surface area contributed by atoms with Crippen molar-refractivity contribution in [1.29, 1.82) is 0 Å². The lowest BCUT2D eigenvalue weighted by Crippen LogP contribution is -2.26. The second kappa shape index (κ2) is 6.14. The molecule has 1 aromatic heterocycles. The molecule has 1 aromatic rings. The summed E-state index contributed by atoms with van der Waals surface area (Å²) in [5, 5.41) is 3.45. The quantitative estimate of drug-likeness (QED) is 0.786. The Morgan fingerprint density at radius 1 is 1.57 bits per heavy atom. The van der Waals surface area contributed by atoms with Crippen molar-refractivity contribution in [2.75, 3.05) is 12.0 Å². The molecule has 0 spiro atoms. The van der Waals surface area contributed by atoms with E-state index in [9.17, 15) is 0 Å². The van der Waals surface area contributed by atoms with Gasteiger partial charge in [-0.15, -0.1) is 0 Å². The van der Waals surface area contributed by atoms with Crippen molar-refractivity contribution in [2.45, 2.75) is 32.9 Å². The van der Waals surface area contributed by atoms with Gasteiger partial charge >= 0.3 is 0 Å². The molecule has 80 valence electrons. The van der Waals surface area contributed by atoms with Crippen LogP contribution in [-0.2, 0) is 6.54 Å². The van der Waals surface area contributed by atoms with Crippen LogP contribution in [-0.4, -0.2) is 18.1 Å². The summed E-state index contributed by atoms with van der Waals surface area (Å²) < 4.78 is 5.35. The molecule has 0 aliphatic carbocycles. The van der Waals surface area contributed by atoms with Crippen LogP contribution in [0.4, 0.5) is 0 Å². The molecule has 0 bridgehead atoms. The van der Waals surface area contributed by atoms with Crippen LogP contribution in [0.1, 0.15) is 24.7 Å². The van der Waals surface area contributed by atoms with E-state index in [2.05, 4.69) is 25.4 Å². The minimum Gasteiger partial charge on any atom is -0.468 e. The van der Waals surface area contributed by atoms with Gasteiger partial charge in [0.15, 0.2) is 0 Å². The second-order valence-corrected chi connectivity index (χ2v) is 4.58. The summed E-state index contributed by atoms with van der Waals surface area (Å²) >= 11 is 1.89. The Hall–Kier alpha value is -0.410. The van der Waals surface area contributed by atoms with Crippen LogP contribution in [0, 0.1) is 6.92 Å². The van der Waals surface area contributed by atoms with Gasteiger partial charge in [-0.05, 0) is 43.9 Å². The molecule has 1 unspecified atom stereocenters. The topological polar surface area (TPSA) is 25.2 Å². The summed E-state index contributed by atoms with van der Waals surface area (Å²) in [6.45, 7) is 5.13. The number of aryl methyl sites for hydroxylation is 1. The predicted octanol–water partition coefficient (Wildman–Crippen LogP) is 2.82. The zero-order valence-electron chi connectivity index (χ0n) is 9.17. The first-order valence-electron chi connectivity index (χ1n) is 4.99. The van der Waals surface area contributed by atoms with Gasteiger partial charge in [0.05, 0.1) is 12.8 Å². The average Bonchev–Trinajstić information content (AvgIpc) is 2.58. The summed E-state index contributed by atoms with van der Waals surface area (Å²) in [7, 11) is 0. The number of hydrogen-bond donors (Lipinski definition) is 1. The van der Waals surface area contributed by atoms with E-state index in [0.717, 1.165) is 12.3 Å². The molecule has 1 heterocycles. The van der Waals surface area contributed by atoms with Crippen LogP contribution >= 0.6 is 11.8 Å². The Morgan fingerprint density at radius 2 is 2.36 bits per heavy atom. The maximum atomic E-state index is 5.35. The summed E-state index contributed by atoms with van der Waals surface area (Å²) in [5.41, 5.74) is 1.23. The van der Waals surface area contributed by atoms with Crippen molar-refractivity contribution in [2.24, 2.45) is 0 Å². The Morgan fingerprint density at radius 3 is 2.93 bits per heavy atom. The van der Waals surface area contributed by atoms with Crippen LogP contribution in [0.2, 0.25) is 0 Å². The number of thioether (sulfide) groups is 1. The van der Waals surface area contributed by atoms with Crippen molar-refractivity contribution in [1.82, 2.24) is 5.32 Å². The van der Waals surface area contributed by atoms with Crippen LogP contribution in [0.5, 0.6) is 0 Å². The highest BCUT2D eigenvalue weighted by Gasteiger charge is 2.04. The molecule has 0 radical (unpaired) electrons. The standard InChI is InChI=1S/C11H19NOS/c1-9-4-6-13-11(9)8-12-10(2)5-7-14-3/h4,6,10,12H,5,7-8H2,1-3H3. The Kier molecular flexibility index (Phi) is 5.12. The molecule has 1 rings (SSSR count). The summed E-state index contributed by atoms with van der Waals surface area (Å²) in [6, 6.07) is 2.57. The van der Waals surface area contributed by atoms with Gasteiger partial charge in [0, 0.05) is 6.04 Å². The van der Waals surface area contributed by atoms with Crippen molar-refractivity contribution in [3.8, 4) is 0 Å². The Labute approximate surface area is 90.5 Å². The third kappa shape index (κ3) is 3.76. The van der Waals surface area contributed by atoms with Crippen LogP contribution in [0.3, 0.4) is 0 Å². The molecule has 0 saturated heterocycles. The molecule has 0 aromatic carbocycles. The summed E-state index contributed by atoms with van der Waals surface area (Å²) in [4.78, 5) is 0. The van der Waals surface area contributed by atoms with E-state index in [1.165, 1.54) is 17.7 Å². The number of nitrogens with one attached hydrogen (secondary N) is 1. The average molecular weight is 213 g/mol. The van der Waals surface area contributed by atoms with Gasteiger partial charge < -0.3 is 9.73 Å². The lowest BCUT2D eigenvalue weighted by Gasteiger charge is -2.11. The van der Waals surface area contributed by atoms with E-state index < -0.39 is 0 Å². The minimum atomic E-state index is 0.562. The van der Waals surface area contributed by atoms with Crippen molar-refractivity contribution < 1.29 is 4.42 Å². The molecule has 14 heavy (non-hydrogen) atoms. The highest BCUT2D eigenvalue weighted by molar-refractivity contribution is 7.98. The Balaban J connectivity index is 2.23. The fraction of sp³-hybridized carbons (Fsp3) is 0.636. The van der Waals surface area contributed by atoms with E-state index in [1.54, 1.807) is 6.26 Å². The van der Waals surface area contributed by atoms with Gasteiger partial charge in [-0.25, -0.2) is 0 Å². The van der Waals surface area contributed by atoms with E-state index in [1.807, 2.05) is 17.8 Å². The number of hydrogen-bond acceptors (Lipinski definition) is 3. The third-order valence-electron chi connectivity index (χ3n) is 2.33. The highest BCUT2D eigenvalue weighted by Crippen LogP contribution is 2.09. The van der Waals surface area contributed by atoms with Crippen molar-refractivity contribution in [3.63, 3.8) is 0 Å². The molecule has 1 atom stereocenters. The molecule has 1 N–H and O–H groups in total. The fourth-order valence-corrected chi connectivity index (χ4v) is 1.84. The molecule has 0 saturated carbocycles. The maximum Gasteiger partial charge on any atom is 0.120 e. The number of rotatable bonds is 6. The number of furan rings is 1. The summed E-state index contributed by atoms with van der Waals surface area (Å²) in [6.07, 6.45) is 5.10. The van der Waals surface area contributed by atoms with E-state index in [-0.39, 0.29) is 0 Å². The van der Waals surface area contributed by atoms with Gasteiger partial charge in [0.1, 0.15) is 5.76 Å². The van der Waals surface area contributed by atoms with Crippen LogP contribution in [0.25, 0.3) is 0 Å². The maximum absolute atomic E-state index is 5.35. The molecule has 0 aliphatic heterocycles. The normalized spacial score (nSPS) is 13.1. The van der Waals surface area contributed by atoms with Gasteiger partial charge in [0.2, 0.25) is 0 Å². The Bertz CT molecular complexity index is 260. The SMILES string of the molecule is CSCCC(C)NCc1occc1C. The first-order chi connectivity index (χ1) is 6.74. The minimum absolute atomic E-state index is 0.562. The van der Waals surface area contributed by atoms with E-state index in [0.29, 0.717) is 6.04 Å². The second-order valence-electron chi connectivity index (χ2n) is 3.59. The molecule has 3 heteroatoms. The van der Waals surface area contributed by atoms with Crippen molar-refractivity contribution >= 4 is 11.8 Å². The van der Waals surface area contributed by atoms with E-state index in [4.69, 9.17) is 4.42 Å². The third-order valence-corrected chi connectivity index (χ3v) is 2.98. The van der Waals surface area contributed by atoms with Gasteiger partial charge in [-0.2, -0.15) is 11.8 Å². The molecule has 0 amide bonds. The van der Waals surface area contributed by atoms with Crippen LogP contribution < -0.4 is 5.32 Å². The van der Waals surface area contributed by atoms with E-state index >= 15 is 0 Å². The molecule has 0 fully saturated rings. The lowest BCUT2D eigenvalue weighted by molar-refractivity contribution is 0.449. The molecule has 0 aliphatic rings. The molecular weight excluding hydrogens is 194 g/mol. The van der Waals surface area contributed by atoms with Crippen LogP contribution in [0.15, 0.2) is 16.7 Å². The summed E-state index contributed by atoms with van der Waals surface area (Å²) in [5.74, 6) is 2.27.